The van der Waals surface area contributed by atoms with Crippen LogP contribution in [-0.4, -0.2) is 24.1 Å². The summed E-state index contributed by atoms with van der Waals surface area (Å²) in [4.78, 5) is 22.0. The number of esters is 1. The van der Waals surface area contributed by atoms with Crippen molar-refractivity contribution in [1.29, 1.82) is 0 Å². The number of nitro groups is 1. The van der Waals surface area contributed by atoms with Crippen molar-refractivity contribution in [3.05, 3.63) is 75.3 Å². The third-order valence-corrected chi connectivity index (χ3v) is 3.19. The zero-order valence-electron chi connectivity index (χ0n) is 12.6. The first kappa shape index (κ1) is 17.5. The number of ether oxygens (including phenoxy) is 2. The summed E-state index contributed by atoms with van der Waals surface area (Å²) >= 11 is 5.76. The van der Waals surface area contributed by atoms with E-state index in [0.717, 1.165) is 6.08 Å². The van der Waals surface area contributed by atoms with Crippen molar-refractivity contribution in [2.45, 2.75) is 0 Å². The lowest BCUT2D eigenvalue weighted by atomic mass is 10.1. The van der Waals surface area contributed by atoms with Crippen molar-refractivity contribution >= 4 is 29.3 Å². The van der Waals surface area contributed by atoms with Gasteiger partial charge in [0.05, 0.1) is 10.5 Å². The lowest BCUT2D eigenvalue weighted by molar-refractivity contribution is -0.385. The number of hydrogen-bond donors (Lipinski definition) is 0. The lowest BCUT2D eigenvalue weighted by Crippen LogP contribution is -2.10. The van der Waals surface area contributed by atoms with Gasteiger partial charge in [-0.2, -0.15) is 0 Å². The number of nitro benzene ring substituents is 1. The quantitative estimate of drug-likeness (QED) is 0.250. The molecule has 0 aliphatic carbocycles. The maximum Gasteiger partial charge on any atom is 0.330 e. The van der Waals surface area contributed by atoms with Gasteiger partial charge in [0, 0.05) is 17.2 Å². The molecule has 0 atom stereocenters. The van der Waals surface area contributed by atoms with Crippen LogP contribution >= 0.6 is 11.6 Å². The van der Waals surface area contributed by atoms with E-state index in [4.69, 9.17) is 21.1 Å². The number of carbonyl (C=O) groups excluding carboxylic acids is 1. The molecular weight excluding hydrogens is 334 g/mol. The molecule has 0 unspecified atom stereocenters. The van der Waals surface area contributed by atoms with Crippen LogP contribution in [0.2, 0.25) is 5.02 Å². The van der Waals surface area contributed by atoms with Crippen LogP contribution in [0, 0.1) is 10.1 Å². The van der Waals surface area contributed by atoms with E-state index < -0.39 is 10.9 Å². The Hall–Kier alpha value is -2.86. The third-order valence-electron chi connectivity index (χ3n) is 2.94. The Labute approximate surface area is 143 Å². The van der Waals surface area contributed by atoms with E-state index in [1.807, 2.05) is 0 Å². The number of hydrogen-bond acceptors (Lipinski definition) is 5. The zero-order valence-corrected chi connectivity index (χ0v) is 13.3. The number of halogens is 1. The van der Waals surface area contributed by atoms with Gasteiger partial charge >= 0.3 is 5.97 Å². The molecule has 0 radical (unpaired) electrons. The van der Waals surface area contributed by atoms with E-state index in [1.54, 1.807) is 42.5 Å². The summed E-state index contributed by atoms with van der Waals surface area (Å²) in [6.45, 7) is 0.245. The molecule has 0 aliphatic heterocycles. The molecular formula is C17H14ClNO5. The van der Waals surface area contributed by atoms with Crippen molar-refractivity contribution in [2.24, 2.45) is 0 Å². The highest BCUT2D eigenvalue weighted by Crippen LogP contribution is 2.19. The van der Waals surface area contributed by atoms with E-state index in [9.17, 15) is 14.9 Å². The van der Waals surface area contributed by atoms with Crippen LogP contribution in [0.15, 0.2) is 54.6 Å². The Morgan fingerprint density at radius 1 is 1.12 bits per heavy atom. The Bertz CT molecular complexity index is 743. The number of para-hydroxylation sites is 1. The third kappa shape index (κ3) is 5.40. The standard InChI is InChI=1S/C17H14ClNO5/c18-14-6-8-15(9-7-14)23-11-12-24-17(20)10-5-13-3-1-2-4-16(13)19(21)22/h1-10H,11-12H2/b10-5+. The van der Waals surface area contributed by atoms with Crippen molar-refractivity contribution in [3.63, 3.8) is 0 Å². The SMILES string of the molecule is O=C(/C=C/c1ccccc1[N+](=O)[O-])OCCOc1ccc(Cl)cc1. The van der Waals surface area contributed by atoms with Crippen LogP contribution in [0.5, 0.6) is 5.75 Å². The second-order valence-electron chi connectivity index (χ2n) is 4.62. The number of carbonyl (C=O) groups is 1. The zero-order chi connectivity index (χ0) is 17.4. The molecule has 0 saturated heterocycles. The summed E-state index contributed by atoms with van der Waals surface area (Å²) in [6, 6.07) is 12.9. The van der Waals surface area contributed by atoms with E-state index >= 15 is 0 Å². The Morgan fingerprint density at radius 3 is 2.54 bits per heavy atom. The van der Waals surface area contributed by atoms with E-state index in [-0.39, 0.29) is 18.9 Å². The minimum atomic E-state index is -0.604. The van der Waals surface area contributed by atoms with Crippen LogP contribution in [-0.2, 0) is 9.53 Å². The molecule has 2 aromatic carbocycles. The lowest BCUT2D eigenvalue weighted by Gasteiger charge is -2.06. The smallest absolute Gasteiger partial charge is 0.330 e. The molecule has 124 valence electrons. The Kier molecular flexibility index (Phi) is 6.33. The van der Waals surface area contributed by atoms with Crippen molar-refractivity contribution in [1.82, 2.24) is 0 Å². The normalized spacial score (nSPS) is 10.5. The van der Waals surface area contributed by atoms with Gasteiger partial charge in [0.15, 0.2) is 0 Å². The first-order chi connectivity index (χ1) is 11.6. The summed E-state index contributed by atoms with van der Waals surface area (Å²) < 4.78 is 10.3. The first-order valence-electron chi connectivity index (χ1n) is 7.03. The summed E-state index contributed by atoms with van der Waals surface area (Å²) in [5, 5.41) is 11.5. The van der Waals surface area contributed by atoms with Crippen LogP contribution in [0.25, 0.3) is 6.08 Å². The number of rotatable bonds is 7. The van der Waals surface area contributed by atoms with E-state index in [2.05, 4.69) is 0 Å². The van der Waals surface area contributed by atoms with Gasteiger partial charge < -0.3 is 9.47 Å². The Morgan fingerprint density at radius 2 is 1.83 bits per heavy atom. The number of benzene rings is 2. The Balaban J connectivity index is 1.79. The molecule has 0 saturated carbocycles. The largest absolute Gasteiger partial charge is 0.490 e. The highest BCUT2D eigenvalue weighted by Gasteiger charge is 2.09. The summed E-state index contributed by atoms with van der Waals surface area (Å²) in [6.07, 6.45) is 2.49. The monoisotopic (exact) mass is 347 g/mol. The molecule has 0 aliphatic rings. The van der Waals surface area contributed by atoms with Gasteiger partial charge in [0.25, 0.3) is 5.69 Å². The second kappa shape index (κ2) is 8.69. The maximum absolute atomic E-state index is 11.6. The molecule has 24 heavy (non-hydrogen) atoms. The van der Waals surface area contributed by atoms with Crippen LogP contribution in [0.3, 0.4) is 0 Å². The summed E-state index contributed by atoms with van der Waals surface area (Å²) in [5.74, 6) is 0.0127. The minimum absolute atomic E-state index is 0.0582. The summed E-state index contributed by atoms with van der Waals surface area (Å²) in [7, 11) is 0. The topological polar surface area (TPSA) is 78.7 Å². The average molecular weight is 348 g/mol. The molecule has 7 heteroatoms. The van der Waals surface area contributed by atoms with Gasteiger partial charge in [-0.1, -0.05) is 23.7 Å². The molecule has 0 heterocycles. The van der Waals surface area contributed by atoms with Crippen LogP contribution in [0.4, 0.5) is 5.69 Å². The molecule has 0 amide bonds. The molecule has 2 rings (SSSR count). The highest BCUT2D eigenvalue weighted by atomic mass is 35.5. The molecule has 0 N–H and O–H groups in total. The fourth-order valence-electron chi connectivity index (χ4n) is 1.83. The average Bonchev–Trinajstić information content (AvgIpc) is 2.58. The number of nitrogens with zero attached hydrogens (tertiary/aromatic N) is 1. The van der Waals surface area contributed by atoms with Crippen molar-refractivity contribution in [3.8, 4) is 5.75 Å². The minimum Gasteiger partial charge on any atom is -0.490 e. The fourth-order valence-corrected chi connectivity index (χ4v) is 1.96. The van der Waals surface area contributed by atoms with Gasteiger partial charge in [0.1, 0.15) is 19.0 Å². The van der Waals surface area contributed by atoms with Gasteiger partial charge in [0.2, 0.25) is 0 Å². The van der Waals surface area contributed by atoms with Gasteiger partial charge in [-0.3, -0.25) is 10.1 Å². The van der Waals surface area contributed by atoms with Gasteiger partial charge in [-0.25, -0.2) is 4.79 Å². The maximum atomic E-state index is 11.6. The molecule has 2 aromatic rings. The van der Waals surface area contributed by atoms with Gasteiger partial charge in [-0.05, 0) is 36.4 Å². The predicted octanol–water partition coefficient (Wildman–Crippen LogP) is 3.88. The predicted molar refractivity (Wildman–Crippen MR) is 90.0 cm³/mol. The molecule has 0 fully saturated rings. The highest BCUT2D eigenvalue weighted by molar-refractivity contribution is 6.30. The first-order valence-corrected chi connectivity index (χ1v) is 7.40. The van der Waals surface area contributed by atoms with Crippen LogP contribution < -0.4 is 4.74 Å². The van der Waals surface area contributed by atoms with Crippen LogP contribution in [0.1, 0.15) is 5.56 Å². The summed E-state index contributed by atoms with van der Waals surface area (Å²) in [5.41, 5.74) is 0.254. The van der Waals surface area contributed by atoms with E-state index in [1.165, 1.54) is 12.1 Å². The van der Waals surface area contributed by atoms with Crippen molar-refractivity contribution in [2.75, 3.05) is 13.2 Å². The van der Waals surface area contributed by atoms with E-state index in [0.29, 0.717) is 16.3 Å². The molecule has 0 aromatic heterocycles. The molecule has 0 spiro atoms. The molecule has 0 bridgehead atoms. The van der Waals surface area contributed by atoms with Gasteiger partial charge in [-0.15, -0.1) is 0 Å². The molecule has 6 nitrogen and oxygen atoms in total. The van der Waals surface area contributed by atoms with Crippen molar-refractivity contribution < 1.29 is 19.2 Å². The second-order valence-corrected chi connectivity index (χ2v) is 5.06. The fraction of sp³-hybridized carbons (Fsp3) is 0.118.